The van der Waals surface area contributed by atoms with Crippen LogP contribution in [0.1, 0.15) is 5.56 Å². The molecule has 0 radical (unpaired) electrons. The van der Waals surface area contributed by atoms with Gasteiger partial charge < -0.3 is 11.3 Å². The SMILES string of the molecule is Cc1c[c-]sc1.[Ti]. The molecule has 0 aromatic carbocycles. The minimum absolute atomic E-state index is 0. The molecule has 0 bridgehead atoms. The molecule has 36 valence electrons. The Bertz CT molecular complexity index is 112. The zero-order valence-electron chi connectivity index (χ0n) is 4.06. The van der Waals surface area contributed by atoms with Gasteiger partial charge >= 0.3 is 0 Å². The molecule has 0 spiro atoms. The van der Waals surface area contributed by atoms with Crippen molar-refractivity contribution in [1.29, 1.82) is 0 Å². The summed E-state index contributed by atoms with van der Waals surface area (Å²) in [6, 6.07) is 1.98. The third kappa shape index (κ3) is 2.27. The second-order valence-electron chi connectivity index (χ2n) is 1.24. The standard InChI is InChI=1S/C5H5S.Ti/c1-5-2-3-6-4-5;/h2,4H,1H3;/q-1;. The zero-order chi connectivity index (χ0) is 4.41. The van der Waals surface area contributed by atoms with E-state index in [1.54, 1.807) is 11.3 Å². The van der Waals surface area contributed by atoms with Crippen LogP contribution in [-0.4, -0.2) is 0 Å². The van der Waals surface area contributed by atoms with Crippen molar-refractivity contribution >= 4 is 11.3 Å². The van der Waals surface area contributed by atoms with E-state index in [4.69, 9.17) is 0 Å². The average Bonchev–Trinajstić information content (AvgIpc) is 1.86. The molecule has 1 aromatic rings. The maximum Gasteiger partial charge on any atom is 0 e. The van der Waals surface area contributed by atoms with Gasteiger partial charge in [-0.2, -0.15) is 17.0 Å². The molecule has 0 aliphatic heterocycles. The van der Waals surface area contributed by atoms with Crippen LogP contribution >= 0.6 is 11.3 Å². The number of rotatable bonds is 0. The summed E-state index contributed by atoms with van der Waals surface area (Å²) in [7, 11) is 0. The summed E-state index contributed by atoms with van der Waals surface area (Å²) in [6.45, 7) is 2.06. The molecule has 0 N–H and O–H groups in total. The van der Waals surface area contributed by atoms with Crippen molar-refractivity contribution in [3.63, 3.8) is 0 Å². The average molecular weight is 145 g/mol. The molecule has 0 fully saturated rings. The van der Waals surface area contributed by atoms with E-state index in [1.165, 1.54) is 5.56 Å². The molecule has 0 saturated carbocycles. The Labute approximate surface area is 62.4 Å². The summed E-state index contributed by atoms with van der Waals surface area (Å²) in [6.07, 6.45) is 0. The van der Waals surface area contributed by atoms with Crippen LogP contribution in [-0.2, 0) is 21.7 Å². The Balaban J connectivity index is 0.000000360. The van der Waals surface area contributed by atoms with E-state index in [9.17, 15) is 0 Å². The largest absolute Gasteiger partial charge is 0.304 e. The predicted octanol–water partition coefficient (Wildman–Crippen LogP) is 1.85. The van der Waals surface area contributed by atoms with Gasteiger partial charge in [-0.3, -0.25) is 0 Å². The Morgan fingerprint density at radius 2 is 2.43 bits per heavy atom. The second kappa shape index (κ2) is 3.42. The first-order valence-electron chi connectivity index (χ1n) is 1.81. The van der Waals surface area contributed by atoms with Crippen molar-refractivity contribution in [2.45, 2.75) is 6.92 Å². The van der Waals surface area contributed by atoms with Gasteiger partial charge in [0.15, 0.2) is 0 Å². The Kier molecular flexibility index (Phi) is 3.62. The van der Waals surface area contributed by atoms with Gasteiger partial charge in [0.05, 0.1) is 0 Å². The summed E-state index contributed by atoms with van der Waals surface area (Å²) < 4.78 is 0. The summed E-state index contributed by atoms with van der Waals surface area (Å²) in [5.41, 5.74) is 1.31. The minimum atomic E-state index is 0. The maximum absolute atomic E-state index is 2.97. The van der Waals surface area contributed by atoms with Gasteiger partial charge in [0.1, 0.15) is 0 Å². The van der Waals surface area contributed by atoms with Crippen molar-refractivity contribution < 1.29 is 21.7 Å². The quantitative estimate of drug-likeness (QED) is 0.386. The van der Waals surface area contributed by atoms with E-state index in [0.29, 0.717) is 0 Å². The fraction of sp³-hybridized carbons (Fsp3) is 0.200. The van der Waals surface area contributed by atoms with E-state index >= 15 is 0 Å². The van der Waals surface area contributed by atoms with Crippen LogP contribution in [0, 0.1) is 12.3 Å². The van der Waals surface area contributed by atoms with Gasteiger partial charge in [-0.05, 0) is 0 Å². The van der Waals surface area contributed by atoms with Crippen LogP contribution in [0.4, 0.5) is 0 Å². The summed E-state index contributed by atoms with van der Waals surface area (Å²) in [5, 5.41) is 5.04. The minimum Gasteiger partial charge on any atom is -0.304 e. The summed E-state index contributed by atoms with van der Waals surface area (Å²) in [4.78, 5) is 0. The van der Waals surface area contributed by atoms with E-state index in [1.807, 2.05) is 6.07 Å². The van der Waals surface area contributed by atoms with E-state index < -0.39 is 0 Å². The van der Waals surface area contributed by atoms with Gasteiger partial charge in [-0.25, -0.2) is 0 Å². The molecule has 0 atom stereocenters. The number of hydrogen-bond donors (Lipinski definition) is 0. The van der Waals surface area contributed by atoms with Gasteiger partial charge in [0.2, 0.25) is 0 Å². The van der Waals surface area contributed by atoms with Crippen LogP contribution in [0.25, 0.3) is 0 Å². The number of thiophene rings is 1. The maximum atomic E-state index is 2.97. The molecular weight excluding hydrogens is 140 g/mol. The zero-order valence-corrected chi connectivity index (χ0v) is 6.44. The number of aryl methyl sites for hydroxylation is 1. The Morgan fingerprint density at radius 3 is 2.57 bits per heavy atom. The van der Waals surface area contributed by atoms with Crippen LogP contribution in [0.3, 0.4) is 0 Å². The Morgan fingerprint density at radius 1 is 1.71 bits per heavy atom. The van der Waals surface area contributed by atoms with Crippen molar-refractivity contribution in [3.05, 3.63) is 22.4 Å². The van der Waals surface area contributed by atoms with Gasteiger partial charge in [0.25, 0.3) is 0 Å². The van der Waals surface area contributed by atoms with E-state index in [2.05, 4.69) is 17.7 Å². The smallest absolute Gasteiger partial charge is 0 e. The van der Waals surface area contributed by atoms with Crippen molar-refractivity contribution in [2.75, 3.05) is 0 Å². The fourth-order valence-corrected chi connectivity index (χ4v) is 0.864. The first-order valence-corrected chi connectivity index (χ1v) is 2.69. The topological polar surface area (TPSA) is 0 Å². The normalized spacial score (nSPS) is 7.57. The first kappa shape index (κ1) is 7.41. The molecule has 0 aliphatic rings. The van der Waals surface area contributed by atoms with Crippen molar-refractivity contribution in [1.82, 2.24) is 0 Å². The summed E-state index contributed by atoms with van der Waals surface area (Å²) in [5.74, 6) is 0. The van der Waals surface area contributed by atoms with E-state index in [-0.39, 0.29) is 21.7 Å². The third-order valence-corrected chi connectivity index (χ3v) is 1.34. The molecule has 0 unspecified atom stereocenters. The van der Waals surface area contributed by atoms with Gasteiger partial charge in [-0.1, -0.05) is 6.92 Å². The monoisotopic (exact) mass is 145 g/mol. The first-order chi connectivity index (χ1) is 2.89. The Hall–Kier alpha value is 0.414. The van der Waals surface area contributed by atoms with Gasteiger partial charge in [0, 0.05) is 21.7 Å². The van der Waals surface area contributed by atoms with Crippen LogP contribution in [0.5, 0.6) is 0 Å². The molecule has 0 aliphatic carbocycles. The molecule has 0 amide bonds. The second-order valence-corrected chi connectivity index (χ2v) is 1.95. The van der Waals surface area contributed by atoms with Crippen molar-refractivity contribution in [3.8, 4) is 0 Å². The molecule has 7 heavy (non-hydrogen) atoms. The molecule has 0 saturated heterocycles. The van der Waals surface area contributed by atoms with Crippen LogP contribution in [0.2, 0.25) is 0 Å². The molecule has 1 rings (SSSR count). The van der Waals surface area contributed by atoms with E-state index in [0.717, 1.165) is 0 Å². The van der Waals surface area contributed by atoms with Crippen LogP contribution < -0.4 is 0 Å². The third-order valence-electron chi connectivity index (χ3n) is 0.599. The van der Waals surface area contributed by atoms with Gasteiger partial charge in [-0.15, -0.1) is 5.38 Å². The molecule has 2 heteroatoms. The molecular formula is C5H5STi-. The summed E-state index contributed by atoms with van der Waals surface area (Å²) >= 11 is 1.61. The predicted molar refractivity (Wildman–Crippen MR) is 27.9 cm³/mol. The van der Waals surface area contributed by atoms with Crippen LogP contribution in [0.15, 0.2) is 11.4 Å². The molecule has 1 heterocycles. The van der Waals surface area contributed by atoms with Crippen molar-refractivity contribution in [2.24, 2.45) is 0 Å². The molecule has 1 aromatic heterocycles. The number of hydrogen-bond acceptors (Lipinski definition) is 1. The molecule has 0 nitrogen and oxygen atoms in total. The fourth-order valence-electron chi connectivity index (χ4n) is 0.288.